The summed E-state index contributed by atoms with van der Waals surface area (Å²) in [6.45, 7) is 0. The Morgan fingerprint density at radius 2 is 2.07 bits per heavy atom. The average Bonchev–Trinajstić information content (AvgIpc) is 2.18. The maximum absolute atomic E-state index is 11.8. The van der Waals surface area contributed by atoms with Crippen LogP contribution in [0.2, 0.25) is 0 Å². The number of aromatic carboxylic acids is 1. The highest BCUT2D eigenvalue weighted by Gasteiger charge is 2.15. The number of halogens is 2. The van der Waals surface area contributed by atoms with Gasteiger partial charge in [-0.05, 0) is 6.07 Å². The highest BCUT2D eigenvalue weighted by atomic mass is 19.3. The van der Waals surface area contributed by atoms with E-state index in [2.05, 4.69) is 4.98 Å². The van der Waals surface area contributed by atoms with Crippen LogP contribution in [0, 0.1) is 0 Å². The summed E-state index contributed by atoms with van der Waals surface area (Å²) < 4.78 is 23.6. The fourth-order valence-corrected chi connectivity index (χ4v) is 0.822. The Morgan fingerprint density at radius 3 is 2.60 bits per heavy atom. The molecule has 2 N–H and O–H groups in total. The minimum atomic E-state index is -3.15. The molecule has 0 aliphatic carbocycles. The zero-order chi connectivity index (χ0) is 11.4. The highest BCUT2D eigenvalue weighted by molar-refractivity contribution is 5.94. The fourth-order valence-electron chi connectivity index (χ4n) is 0.822. The van der Waals surface area contributed by atoms with Crippen molar-refractivity contribution in [1.29, 1.82) is 0 Å². The molecule has 7 heteroatoms. The second kappa shape index (κ2) is 4.45. The standard InChI is InChI=1S/C8H6F2N2O3/c9-6(10)7(13)12-5-1-4(8(14)15)2-11-3-5/h1-3,6H,(H,12,13)(H,14,15). The van der Waals surface area contributed by atoms with E-state index in [9.17, 15) is 18.4 Å². The summed E-state index contributed by atoms with van der Waals surface area (Å²) in [6.07, 6.45) is -1.04. The van der Waals surface area contributed by atoms with Crippen LogP contribution in [-0.4, -0.2) is 28.4 Å². The number of nitrogens with one attached hydrogen (secondary N) is 1. The molecule has 0 aromatic carbocycles. The van der Waals surface area contributed by atoms with Crippen molar-refractivity contribution in [2.45, 2.75) is 6.43 Å². The number of anilines is 1. The van der Waals surface area contributed by atoms with E-state index in [1.165, 1.54) is 0 Å². The lowest BCUT2D eigenvalue weighted by Crippen LogP contribution is -2.20. The quantitative estimate of drug-likeness (QED) is 0.789. The molecule has 1 aromatic heterocycles. The number of hydrogen-bond donors (Lipinski definition) is 2. The average molecular weight is 216 g/mol. The van der Waals surface area contributed by atoms with Crippen molar-refractivity contribution in [2.75, 3.05) is 5.32 Å². The second-order valence-electron chi connectivity index (χ2n) is 2.56. The fraction of sp³-hybridized carbons (Fsp3) is 0.125. The van der Waals surface area contributed by atoms with E-state index in [-0.39, 0.29) is 11.3 Å². The number of aromatic nitrogens is 1. The van der Waals surface area contributed by atoms with Crippen LogP contribution in [0.3, 0.4) is 0 Å². The number of amides is 1. The van der Waals surface area contributed by atoms with Gasteiger partial charge in [-0.1, -0.05) is 0 Å². The number of carbonyl (C=O) groups excluding carboxylic acids is 1. The molecular weight excluding hydrogens is 210 g/mol. The van der Waals surface area contributed by atoms with Gasteiger partial charge in [0.15, 0.2) is 0 Å². The van der Waals surface area contributed by atoms with Gasteiger partial charge >= 0.3 is 12.4 Å². The lowest BCUT2D eigenvalue weighted by molar-refractivity contribution is -0.126. The van der Waals surface area contributed by atoms with E-state index in [4.69, 9.17) is 5.11 Å². The van der Waals surface area contributed by atoms with E-state index < -0.39 is 18.3 Å². The second-order valence-corrected chi connectivity index (χ2v) is 2.56. The minimum absolute atomic E-state index is 0.0831. The van der Waals surface area contributed by atoms with Crippen molar-refractivity contribution in [3.63, 3.8) is 0 Å². The number of carboxylic acid groups (broad SMARTS) is 1. The van der Waals surface area contributed by atoms with Crippen molar-refractivity contribution in [3.8, 4) is 0 Å². The summed E-state index contributed by atoms with van der Waals surface area (Å²) in [6, 6.07) is 1.04. The molecule has 0 saturated carbocycles. The van der Waals surface area contributed by atoms with Gasteiger partial charge in [0.2, 0.25) is 0 Å². The molecule has 0 bridgehead atoms. The molecule has 5 nitrogen and oxygen atoms in total. The van der Waals surface area contributed by atoms with Gasteiger partial charge in [0.05, 0.1) is 17.4 Å². The van der Waals surface area contributed by atoms with Gasteiger partial charge in [-0.2, -0.15) is 8.78 Å². The number of carboxylic acids is 1. The summed E-state index contributed by atoms with van der Waals surface area (Å²) in [7, 11) is 0. The molecule has 1 rings (SSSR count). The summed E-state index contributed by atoms with van der Waals surface area (Å²) in [4.78, 5) is 24.5. The van der Waals surface area contributed by atoms with Gasteiger partial charge in [0, 0.05) is 6.20 Å². The number of carbonyl (C=O) groups is 2. The van der Waals surface area contributed by atoms with Gasteiger partial charge in [0.25, 0.3) is 5.91 Å². The van der Waals surface area contributed by atoms with E-state index in [0.29, 0.717) is 0 Å². The first-order valence-corrected chi connectivity index (χ1v) is 3.78. The van der Waals surface area contributed by atoms with Crippen molar-refractivity contribution < 1.29 is 23.5 Å². The number of pyridine rings is 1. The molecule has 0 aliphatic heterocycles. The lowest BCUT2D eigenvalue weighted by Gasteiger charge is -2.03. The molecule has 80 valence electrons. The van der Waals surface area contributed by atoms with Crippen LogP contribution >= 0.6 is 0 Å². The summed E-state index contributed by atoms with van der Waals surface area (Å²) in [5, 5.41) is 10.4. The first-order chi connectivity index (χ1) is 7.00. The normalized spacial score (nSPS) is 10.1. The van der Waals surface area contributed by atoms with Gasteiger partial charge in [0.1, 0.15) is 0 Å². The van der Waals surface area contributed by atoms with Gasteiger partial charge in [-0.25, -0.2) is 4.79 Å². The number of nitrogens with zero attached hydrogens (tertiary/aromatic N) is 1. The highest BCUT2D eigenvalue weighted by Crippen LogP contribution is 2.09. The van der Waals surface area contributed by atoms with Crippen LogP contribution in [0.1, 0.15) is 10.4 Å². The van der Waals surface area contributed by atoms with Crippen molar-refractivity contribution in [3.05, 3.63) is 24.0 Å². The van der Waals surface area contributed by atoms with Gasteiger partial charge in [-0.3, -0.25) is 9.78 Å². The van der Waals surface area contributed by atoms with Crippen molar-refractivity contribution >= 4 is 17.6 Å². The Hall–Kier alpha value is -2.05. The molecular formula is C8H6F2N2O3. The maximum Gasteiger partial charge on any atom is 0.337 e. The van der Waals surface area contributed by atoms with E-state index in [1.807, 2.05) is 5.32 Å². The molecule has 0 radical (unpaired) electrons. The number of hydrogen-bond acceptors (Lipinski definition) is 3. The van der Waals surface area contributed by atoms with Crippen LogP contribution < -0.4 is 5.32 Å². The third kappa shape index (κ3) is 2.97. The number of rotatable bonds is 3. The SMILES string of the molecule is O=C(O)c1cncc(NC(=O)C(F)F)c1. The topological polar surface area (TPSA) is 79.3 Å². The molecule has 0 unspecified atom stereocenters. The van der Waals surface area contributed by atoms with Crippen LogP contribution in [0.25, 0.3) is 0 Å². The number of alkyl halides is 2. The van der Waals surface area contributed by atoms with Crippen molar-refractivity contribution in [2.24, 2.45) is 0 Å². The third-order valence-corrected chi connectivity index (χ3v) is 1.45. The molecule has 1 aromatic rings. The van der Waals surface area contributed by atoms with E-state index in [1.54, 1.807) is 0 Å². The smallest absolute Gasteiger partial charge is 0.337 e. The maximum atomic E-state index is 11.8. The molecule has 0 atom stereocenters. The zero-order valence-electron chi connectivity index (χ0n) is 7.28. The van der Waals surface area contributed by atoms with Gasteiger partial charge in [-0.15, -0.1) is 0 Å². The molecule has 0 saturated heterocycles. The Kier molecular flexibility index (Phi) is 3.27. The van der Waals surface area contributed by atoms with Crippen molar-refractivity contribution in [1.82, 2.24) is 4.98 Å². The molecule has 1 heterocycles. The van der Waals surface area contributed by atoms with E-state index >= 15 is 0 Å². The Morgan fingerprint density at radius 1 is 1.40 bits per heavy atom. The largest absolute Gasteiger partial charge is 0.478 e. The molecule has 15 heavy (non-hydrogen) atoms. The predicted octanol–water partition coefficient (Wildman–Crippen LogP) is 0.983. The van der Waals surface area contributed by atoms with Crippen LogP contribution in [-0.2, 0) is 4.79 Å². The molecule has 0 spiro atoms. The monoisotopic (exact) mass is 216 g/mol. The Labute approximate surface area is 82.7 Å². The van der Waals surface area contributed by atoms with Gasteiger partial charge < -0.3 is 10.4 Å². The predicted molar refractivity (Wildman–Crippen MR) is 45.8 cm³/mol. The van der Waals surface area contributed by atoms with E-state index in [0.717, 1.165) is 18.5 Å². The Bertz CT molecular complexity index is 395. The summed E-state index contributed by atoms with van der Waals surface area (Å²) in [5.74, 6) is -2.75. The van der Waals surface area contributed by atoms with Crippen LogP contribution in [0.5, 0.6) is 0 Å². The summed E-state index contributed by atoms with van der Waals surface area (Å²) >= 11 is 0. The van der Waals surface area contributed by atoms with Crippen LogP contribution in [0.15, 0.2) is 18.5 Å². The minimum Gasteiger partial charge on any atom is -0.478 e. The first kappa shape index (κ1) is 11.0. The Balaban J connectivity index is 2.83. The first-order valence-electron chi connectivity index (χ1n) is 3.78. The summed E-state index contributed by atoms with van der Waals surface area (Å²) in [5.41, 5.74) is -0.276. The third-order valence-electron chi connectivity index (χ3n) is 1.45. The zero-order valence-corrected chi connectivity index (χ0v) is 7.28. The molecule has 0 fully saturated rings. The van der Waals surface area contributed by atoms with Crippen LogP contribution in [0.4, 0.5) is 14.5 Å². The molecule has 0 aliphatic rings. The lowest BCUT2D eigenvalue weighted by atomic mass is 10.2. The molecule has 1 amide bonds.